The van der Waals surface area contributed by atoms with Gasteiger partial charge in [0.05, 0.1) is 17.6 Å². The van der Waals surface area contributed by atoms with Gasteiger partial charge in [-0.2, -0.15) is 0 Å². The third kappa shape index (κ3) is 12.4. The van der Waals surface area contributed by atoms with Crippen molar-refractivity contribution < 1.29 is 28.5 Å². The molecule has 0 rings (SSSR count). The minimum Gasteiger partial charge on any atom is -0.436 e. The number of aliphatic hydroxyl groups is 1. The molecule has 0 saturated heterocycles. The molecule has 0 heterocycles. The summed E-state index contributed by atoms with van der Waals surface area (Å²) >= 11 is 0. The topological polar surface area (TPSA) is 74.2 Å². The van der Waals surface area contributed by atoms with Gasteiger partial charge in [-0.05, 0) is 64.5 Å². The molecule has 31 heavy (non-hydrogen) atoms. The molecule has 0 aromatic rings. The van der Waals surface area contributed by atoms with Gasteiger partial charge in [0.1, 0.15) is 6.10 Å². The Bertz CT molecular complexity index is 511. The molecule has 0 aliphatic heterocycles. The number of aliphatic hydroxyl groups excluding tert-OH is 1. The normalized spacial score (nSPS) is 18.9. The van der Waals surface area contributed by atoms with E-state index in [0.29, 0.717) is 12.3 Å². The molecule has 0 saturated carbocycles. The predicted molar refractivity (Wildman–Crippen MR) is 129 cm³/mol. The highest BCUT2D eigenvalue weighted by molar-refractivity contribution is 6.48. The number of esters is 1. The molecule has 186 valence electrons. The van der Waals surface area contributed by atoms with Crippen LogP contribution in [0.5, 0.6) is 0 Å². The van der Waals surface area contributed by atoms with Gasteiger partial charge in [0, 0.05) is 20.1 Å². The number of methoxy groups -OCH3 is 2. The van der Waals surface area contributed by atoms with E-state index in [2.05, 4.69) is 27.7 Å². The molecule has 0 aromatic heterocycles. The van der Waals surface area contributed by atoms with Crippen molar-refractivity contribution >= 4 is 15.0 Å². The molecule has 6 nitrogen and oxygen atoms in total. The summed E-state index contributed by atoms with van der Waals surface area (Å²) in [6.07, 6.45) is 0.0838. The number of ether oxygens (including phenoxy) is 3. The Kier molecular flexibility index (Phi) is 13.1. The van der Waals surface area contributed by atoms with Gasteiger partial charge in [-0.3, -0.25) is 4.79 Å². The molecule has 7 heteroatoms. The molecule has 6 atom stereocenters. The van der Waals surface area contributed by atoms with Crippen LogP contribution in [-0.4, -0.2) is 58.9 Å². The van der Waals surface area contributed by atoms with E-state index in [1.54, 1.807) is 14.2 Å². The van der Waals surface area contributed by atoms with E-state index in [1.165, 1.54) is 0 Å². The van der Waals surface area contributed by atoms with Gasteiger partial charge in [0.2, 0.25) is 0 Å². The van der Waals surface area contributed by atoms with Crippen LogP contribution in [0.1, 0.15) is 74.7 Å². The number of carbonyl (C=O) groups is 1. The first-order valence-electron chi connectivity index (χ1n) is 11.6. The van der Waals surface area contributed by atoms with E-state index < -0.39 is 33.0 Å². The second-order valence-corrected chi connectivity index (χ2v) is 13.9. The van der Waals surface area contributed by atoms with Crippen LogP contribution in [0.3, 0.4) is 0 Å². The molecule has 1 unspecified atom stereocenters. The van der Waals surface area contributed by atoms with Crippen LogP contribution < -0.4 is 0 Å². The third-order valence-electron chi connectivity index (χ3n) is 5.27. The van der Waals surface area contributed by atoms with E-state index in [9.17, 15) is 9.90 Å². The largest absolute Gasteiger partial charge is 0.436 e. The average Bonchev–Trinajstić information content (AvgIpc) is 2.60. The van der Waals surface area contributed by atoms with Gasteiger partial charge >= 0.3 is 5.97 Å². The summed E-state index contributed by atoms with van der Waals surface area (Å²) in [5.74, 6) is -0.0186. The maximum Gasteiger partial charge on any atom is 0.313 e. The summed E-state index contributed by atoms with van der Waals surface area (Å²) in [5, 5.41) is 11.0. The fourth-order valence-corrected chi connectivity index (χ4v) is 4.68. The number of hydrogen-bond acceptors (Lipinski definition) is 6. The lowest BCUT2D eigenvalue weighted by atomic mass is 9.82. The Morgan fingerprint density at radius 2 is 1.42 bits per heavy atom. The highest BCUT2D eigenvalue weighted by Crippen LogP contribution is 2.30. The van der Waals surface area contributed by atoms with E-state index in [0.717, 1.165) is 12.8 Å². The Balaban J connectivity index is 5.26. The van der Waals surface area contributed by atoms with Crippen LogP contribution in [0.2, 0.25) is 13.1 Å². The van der Waals surface area contributed by atoms with Crippen molar-refractivity contribution in [3.8, 4) is 0 Å². The van der Waals surface area contributed by atoms with Gasteiger partial charge in [0.15, 0.2) is 15.3 Å². The fraction of sp³-hybridized carbons (Fsp3) is 0.958. The summed E-state index contributed by atoms with van der Waals surface area (Å²) in [7, 11) is 1.78. The van der Waals surface area contributed by atoms with Gasteiger partial charge < -0.3 is 23.7 Å². The summed E-state index contributed by atoms with van der Waals surface area (Å²) in [4.78, 5) is 12.5. The monoisotopic (exact) mass is 462 g/mol. The summed E-state index contributed by atoms with van der Waals surface area (Å²) in [6.45, 7) is 20.4. The Labute approximate surface area is 193 Å². The van der Waals surface area contributed by atoms with Gasteiger partial charge in [-0.1, -0.05) is 34.6 Å². The second-order valence-electron chi connectivity index (χ2n) is 11.6. The van der Waals surface area contributed by atoms with Crippen molar-refractivity contribution in [2.75, 3.05) is 14.2 Å². The van der Waals surface area contributed by atoms with E-state index >= 15 is 0 Å². The first-order chi connectivity index (χ1) is 14.0. The van der Waals surface area contributed by atoms with Crippen LogP contribution >= 0.6 is 0 Å². The highest BCUT2D eigenvalue weighted by Gasteiger charge is 2.35. The van der Waals surface area contributed by atoms with Crippen LogP contribution in [0.4, 0.5) is 0 Å². The van der Waals surface area contributed by atoms with Crippen LogP contribution in [0.25, 0.3) is 0 Å². The van der Waals surface area contributed by atoms with Gasteiger partial charge in [-0.25, -0.2) is 0 Å². The molecule has 0 amide bonds. The second kappa shape index (κ2) is 13.3. The molecule has 0 radical (unpaired) electrons. The molecular weight excluding hydrogens is 412 g/mol. The summed E-state index contributed by atoms with van der Waals surface area (Å²) in [6, 6.07) is 0. The average molecular weight is 463 g/mol. The Morgan fingerprint density at radius 3 is 1.81 bits per heavy atom. The minimum absolute atomic E-state index is 0.134. The van der Waals surface area contributed by atoms with E-state index in [1.807, 2.05) is 40.8 Å². The molecule has 1 N–H and O–H groups in total. The summed E-state index contributed by atoms with van der Waals surface area (Å²) < 4.78 is 23.1. The number of rotatable bonds is 13. The van der Waals surface area contributed by atoms with Crippen molar-refractivity contribution in [1.82, 2.24) is 0 Å². The lowest BCUT2D eigenvalue weighted by molar-refractivity contribution is -0.184. The lowest BCUT2D eigenvalue weighted by Crippen LogP contribution is -2.44. The molecule has 0 aliphatic carbocycles. The fourth-order valence-electron chi connectivity index (χ4n) is 3.82. The Hall–Kier alpha value is -0.473. The van der Waals surface area contributed by atoms with Crippen LogP contribution in [0.15, 0.2) is 0 Å². The number of carbonyl (C=O) groups excluding carboxylic acids is 1. The third-order valence-corrected chi connectivity index (χ3v) is 6.09. The Morgan fingerprint density at radius 1 is 0.935 bits per heavy atom. The quantitative estimate of drug-likeness (QED) is 0.241. The first-order valence-corrected chi connectivity index (χ1v) is 14.4. The predicted octanol–water partition coefficient (Wildman–Crippen LogP) is 4.78. The zero-order valence-corrected chi connectivity index (χ0v) is 23.3. The van der Waals surface area contributed by atoms with Crippen molar-refractivity contribution in [3.05, 3.63) is 0 Å². The van der Waals surface area contributed by atoms with Crippen molar-refractivity contribution in [3.63, 3.8) is 0 Å². The van der Waals surface area contributed by atoms with Crippen molar-refractivity contribution in [2.24, 2.45) is 22.7 Å². The van der Waals surface area contributed by atoms with Gasteiger partial charge in [0.25, 0.3) is 0 Å². The zero-order valence-electron chi connectivity index (χ0n) is 22.2. The van der Waals surface area contributed by atoms with Crippen molar-refractivity contribution in [2.45, 2.75) is 112 Å². The molecule has 0 fully saturated rings. The molecule has 0 aromatic carbocycles. The van der Waals surface area contributed by atoms with E-state index in [-0.39, 0.29) is 23.4 Å². The summed E-state index contributed by atoms with van der Waals surface area (Å²) in [5.41, 5.74) is -0.384. The maximum absolute atomic E-state index is 12.5. The van der Waals surface area contributed by atoms with Crippen LogP contribution in [0, 0.1) is 22.7 Å². The van der Waals surface area contributed by atoms with E-state index in [4.69, 9.17) is 18.6 Å². The lowest BCUT2D eigenvalue weighted by Gasteiger charge is -2.34. The smallest absolute Gasteiger partial charge is 0.313 e. The molecular formula is C24H50O6Si. The SMILES string of the molecule is CO[C@@H](C[C@H](C)CC(C)(C)C)[C@@H](O)[C@H](C[C@@H](C)C(OC(=O)C(C)(C)C)O[SiH](C)C)OC. The first kappa shape index (κ1) is 30.5. The minimum atomic E-state index is -1.45. The van der Waals surface area contributed by atoms with Gasteiger partial charge in [-0.15, -0.1) is 0 Å². The number of hydrogen-bond donors (Lipinski definition) is 1. The zero-order chi connectivity index (χ0) is 24.6. The van der Waals surface area contributed by atoms with Crippen LogP contribution in [-0.2, 0) is 23.4 Å². The molecule has 0 aliphatic rings. The standard InChI is InChI=1S/C24H50O6Si/c1-16(15-23(3,4)5)13-18(27-9)20(25)19(28-10)14-17(2)21(30-31(11)12)29-22(26)24(6,7)8/h16-21,25,31H,13-15H2,1-12H3/t16-,17+,18-,19-,20+,21?/m0/s1. The highest BCUT2D eigenvalue weighted by atomic mass is 28.3. The maximum atomic E-state index is 12.5. The molecule has 0 spiro atoms. The molecule has 0 bridgehead atoms. The van der Waals surface area contributed by atoms with Crippen molar-refractivity contribution in [1.29, 1.82) is 0 Å².